The maximum absolute atomic E-state index is 11.7. The van der Waals surface area contributed by atoms with Crippen LogP contribution in [0.5, 0.6) is 0 Å². The van der Waals surface area contributed by atoms with E-state index in [1.165, 1.54) is 7.11 Å². The van der Waals surface area contributed by atoms with Crippen LogP contribution in [0.1, 0.15) is 13.8 Å². The van der Waals surface area contributed by atoms with Crippen LogP contribution in [0, 0.1) is 5.92 Å². The van der Waals surface area contributed by atoms with Gasteiger partial charge in [-0.15, -0.1) is 0 Å². The normalized spacial score (nSPS) is 27.4. The molecule has 0 aromatic carbocycles. The SMILES string of the molecule is CCN1C[C@H](NS(=O)(=O)CCOC)[C@@H](C)C1. The van der Waals surface area contributed by atoms with E-state index < -0.39 is 10.0 Å². The van der Waals surface area contributed by atoms with Crippen molar-refractivity contribution in [3.8, 4) is 0 Å². The smallest absolute Gasteiger partial charge is 0.214 e. The molecule has 1 N–H and O–H groups in total. The van der Waals surface area contributed by atoms with Gasteiger partial charge in [-0.2, -0.15) is 0 Å². The number of likely N-dealkylation sites (tertiary alicyclic amines) is 1. The average molecular weight is 250 g/mol. The third-order valence-corrected chi connectivity index (χ3v) is 4.39. The van der Waals surface area contributed by atoms with Crippen LogP contribution >= 0.6 is 0 Å². The molecule has 1 fully saturated rings. The Morgan fingerprint density at radius 2 is 2.12 bits per heavy atom. The average Bonchev–Trinajstić information content (AvgIpc) is 2.56. The minimum Gasteiger partial charge on any atom is -0.384 e. The maximum atomic E-state index is 11.7. The Hall–Kier alpha value is -0.170. The number of sulfonamides is 1. The summed E-state index contributed by atoms with van der Waals surface area (Å²) in [5.74, 6) is 0.413. The first-order valence-electron chi connectivity index (χ1n) is 5.69. The van der Waals surface area contributed by atoms with Gasteiger partial charge in [0.2, 0.25) is 10.0 Å². The topological polar surface area (TPSA) is 58.6 Å². The molecule has 5 nitrogen and oxygen atoms in total. The number of nitrogens with one attached hydrogen (secondary N) is 1. The first kappa shape index (κ1) is 13.9. The number of likely N-dealkylation sites (N-methyl/N-ethyl adjacent to an activating group) is 1. The van der Waals surface area contributed by atoms with Crippen molar-refractivity contribution in [2.45, 2.75) is 19.9 Å². The molecule has 0 unspecified atom stereocenters. The molecule has 0 spiro atoms. The zero-order valence-electron chi connectivity index (χ0n) is 10.3. The second-order valence-electron chi connectivity index (χ2n) is 4.37. The van der Waals surface area contributed by atoms with E-state index in [1.54, 1.807) is 0 Å². The Bertz CT molecular complexity index is 305. The monoisotopic (exact) mass is 250 g/mol. The van der Waals surface area contributed by atoms with Gasteiger partial charge >= 0.3 is 0 Å². The van der Waals surface area contributed by atoms with Gasteiger partial charge in [0.05, 0.1) is 12.4 Å². The standard InChI is InChI=1S/C10H22N2O3S/c1-4-12-7-9(2)10(8-12)11-16(13,14)6-5-15-3/h9-11H,4-8H2,1-3H3/t9-,10-/m0/s1. The first-order valence-corrected chi connectivity index (χ1v) is 7.35. The molecule has 0 amide bonds. The molecule has 0 aliphatic carbocycles. The highest BCUT2D eigenvalue weighted by atomic mass is 32.2. The van der Waals surface area contributed by atoms with Crippen LogP contribution in [0.15, 0.2) is 0 Å². The number of rotatable bonds is 6. The molecule has 0 radical (unpaired) electrons. The third kappa shape index (κ3) is 4.01. The highest BCUT2D eigenvalue weighted by molar-refractivity contribution is 7.89. The van der Waals surface area contributed by atoms with E-state index in [0.29, 0.717) is 5.92 Å². The summed E-state index contributed by atoms with van der Waals surface area (Å²) in [4.78, 5) is 2.26. The lowest BCUT2D eigenvalue weighted by molar-refractivity contribution is 0.216. The lowest BCUT2D eigenvalue weighted by Gasteiger charge is -2.16. The molecular formula is C10H22N2O3S. The van der Waals surface area contributed by atoms with Crippen LogP contribution in [0.2, 0.25) is 0 Å². The van der Waals surface area contributed by atoms with Crippen molar-refractivity contribution in [3.63, 3.8) is 0 Å². The van der Waals surface area contributed by atoms with Crippen LogP contribution < -0.4 is 4.72 Å². The molecule has 96 valence electrons. The van der Waals surface area contributed by atoms with Crippen molar-refractivity contribution in [2.24, 2.45) is 5.92 Å². The van der Waals surface area contributed by atoms with E-state index in [9.17, 15) is 8.42 Å². The Morgan fingerprint density at radius 3 is 2.62 bits per heavy atom. The van der Waals surface area contributed by atoms with Gasteiger partial charge < -0.3 is 9.64 Å². The Balaban J connectivity index is 2.48. The maximum Gasteiger partial charge on any atom is 0.214 e. The molecule has 0 bridgehead atoms. The zero-order valence-corrected chi connectivity index (χ0v) is 11.1. The lowest BCUT2D eigenvalue weighted by Crippen LogP contribution is -2.41. The molecule has 1 rings (SSSR count). The van der Waals surface area contributed by atoms with Gasteiger partial charge in [-0.05, 0) is 12.5 Å². The largest absolute Gasteiger partial charge is 0.384 e. The summed E-state index contributed by atoms with van der Waals surface area (Å²) in [7, 11) is -1.69. The molecule has 0 aromatic rings. The minimum atomic E-state index is -3.19. The first-order chi connectivity index (χ1) is 7.48. The van der Waals surface area contributed by atoms with Gasteiger partial charge in [-0.3, -0.25) is 0 Å². The van der Waals surface area contributed by atoms with Crippen LogP contribution in [-0.4, -0.2) is 58.5 Å². The molecule has 0 aromatic heterocycles. The van der Waals surface area contributed by atoms with Crippen molar-refractivity contribution >= 4 is 10.0 Å². The minimum absolute atomic E-state index is 0.0405. The number of methoxy groups -OCH3 is 1. The van der Waals surface area contributed by atoms with Crippen molar-refractivity contribution < 1.29 is 13.2 Å². The second kappa shape index (κ2) is 5.95. The van der Waals surface area contributed by atoms with Gasteiger partial charge in [-0.25, -0.2) is 13.1 Å². The van der Waals surface area contributed by atoms with Gasteiger partial charge in [0, 0.05) is 26.2 Å². The van der Waals surface area contributed by atoms with Crippen molar-refractivity contribution in [1.29, 1.82) is 0 Å². The van der Waals surface area contributed by atoms with E-state index >= 15 is 0 Å². The highest BCUT2D eigenvalue weighted by Crippen LogP contribution is 2.16. The summed E-state index contributed by atoms with van der Waals surface area (Å²) in [6.45, 7) is 7.17. The Kier molecular flexibility index (Phi) is 5.17. The zero-order chi connectivity index (χ0) is 12.2. The fourth-order valence-electron chi connectivity index (χ4n) is 1.96. The molecule has 0 saturated carbocycles. The summed E-state index contributed by atoms with van der Waals surface area (Å²) in [5.41, 5.74) is 0. The van der Waals surface area contributed by atoms with Crippen LogP contribution in [0.4, 0.5) is 0 Å². The quantitative estimate of drug-likeness (QED) is 0.715. The second-order valence-corrected chi connectivity index (χ2v) is 6.24. The van der Waals surface area contributed by atoms with E-state index in [-0.39, 0.29) is 18.4 Å². The van der Waals surface area contributed by atoms with Crippen molar-refractivity contribution in [1.82, 2.24) is 9.62 Å². The molecule has 1 saturated heterocycles. The molecule has 16 heavy (non-hydrogen) atoms. The molecule has 6 heteroatoms. The summed E-state index contributed by atoms with van der Waals surface area (Å²) in [5, 5.41) is 0. The number of hydrogen-bond donors (Lipinski definition) is 1. The van der Waals surface area contributed by atoms with E-state index in [1.807, 2.05) is 0 Å². The lowest BCUT2D eigenvalue weighted by atomic mass is 10.1. The van der Waals surface area contributed by atoms with E-state index in [4.69, 9.17) is 4.74 Å². The molecule has 1 heterocycles. The van der Waals surface area contributed by atoms with E-state index in [2.05, 4.69) is 23.5 Å². The van der Waals surface area contributed by atoms with Crippen LogP contribution in [0.3, 0.4) is 0 Å². The van der Waals surface area contributed by atoms with Crippen molar-refractivity contribution in [3.05, 3.63) is 0 Å². The number of hydrogen-bond acceptors (Lipinski definition) is 4. The summed E-state index contributed by atoms with van der Waals surface area (Å²) in [6, 6.07) is 0.0433. The predicted octanol–water partition coefficient (Wildman–Crippen LogP) is -0.108. The third-order valence-electron chi connectivity index (χ3n) is 3.02. The predicted molar refractivity (Wildman–Crippen MR) is 63.9 cm³/mol. The van der Waals surface area contributed by atoms with E-state index in [0.717, 1.165) is 19.6 Å². The fourth-order valence-corrected chi connectivity index (χ4v) is 3.23. The summed E-state index contributed by atoms with van der Waals surface area (Å²) < 4.78 is 30.9. The van der Waals surface area contributed by atoms with Crippen LogP contribution in [-0.2, 0) is 14.8 Å². The van der Waals surface area contributed by atoms with Crippen molar-refractivity contribution in [2.75, 3.05) is 39.1 Å². The molecule has 2 atom stereocenters. The Labute approximate surface area is 98.2 Å². The Morgan fingerprint density at radius 1 is 1.44 bits per heavy atom. The number of ether oxygens (including phenoxy) is 1. The summed E-state index contributed by atoms with van der Waals surface area (Å²) in [6.07, 6.45) is 0. The van der Waals surface area contributed by atoms with Gasteiger partial charge in [0.15, 0.2) is 0 Å². The number of nitrogens with zero attached hydrogens (tertiary/aromatic N) is 1. The van der Waals surface area contributed by atoms with Gasteiger partial charge in [-0.1, -0.05) is 13.8 Å². The fraction of sp³-hybridized carbons (Fsp3) is 1.00. The van der Waals surface area contributed by atoms with Crippen LogP contribution in [0.25, 0.3) is 0 Å². The van der Waals surface area contributed by atoms with Gasteiger partial charge in [0.25, 0.3) is 0 Å². The van der Waals surface area contributed by atoms with Gasteiger partial charge in [0.1, 0.15) is 0 Å². The molecule has 1 aliphatic heterocycles. The molecule has 1 aliphatic rings. The molecular weight excluding hydrogens is 228 g/mol. The highest BCUT2D eigenvalue weighted by Gasteiger charge is 2.31. The summed E-state index contributed by atoms with van der Waals surface area (Å²) >= 11 is 0.